The molecular formula is C22H22FN7. The van der Waals surface area contributed by atoms with Crippen LogP contribution in [-0.2, 0) is 7.05 Å². The standard InChI is InChI=1S/C22H22FN7/c1-14-10-25-22(12-24-14)29-21-9-17(18-11-26-30(3)13-18)8-20(28-21)27-15(2)16-4-6-19(23)7-5-16/h4-13,15H,1-3H3,(H2,25,27,28,29). The van der Waals surface area contributed by atoms with E-state index in [-0.39, 0.29) is 11.9 Å². The normalized spacial score (nSPS) is 11.9. The molecule has 0 radical (unpaired) electrons. The Morgan fingerprint density at radius 1 is 0.933 bits per heavy atom. The van der Waals surface area contributed by atoms with E-state index in [2.05, 4.69) is 30.7 Å². The van der Waals surface area contributed by atoms with E-state index in [9.17, 15) is 4.39 Å². The van der Waals surface area contributed by atoms with Gasteiger partial charge in [-0.15, -0.1) is 0 Å². The minimum absolute atomic E-state index is 0.0609. The van der Waals surface area contributed by atoms with Crippen LogP contribution < -0.4 is 10.6 Å². The summed E-state index contributed by atoms with van der Waals surface area (Å²) in [7, 11) is 1.88. The Morgan fingerprint density at radius 2 is 1.70 bits per heavy atom. The van der Waals surface area contributed by atoms with Gasteiger partial charge in [-0.2, -0.15) is 5.10 Å². The van der Waals surface area contributed by atoms with Gasteiger partial charge in [0.05, 0.1) is 24.3 Å². The molecule has 0 fully saturated rings. The van der Waals surface area contributed by atoms with Crippen molar-refractivity contribution in [3.8, 4) is 11.1 Å². The Morgan fingerprint density at radius 3 is 2.37 bits per heavy atom. The maximum absolute atomic E-state index is 13.2. The van der Waals surface area contributed by atoms with Gasteiger partial charge < -0.3 is 10.6 Å². The molecule has 4 aromatic rings. The van der Waals surface area contributed by atoms with E-state index in [1.165, 1.54) is 12.1 Å². The minimum atomic E-state index is -0.256. The average Bonchev–Trinajstić information content (AvgIpc) is 3.16. The number of aryl methyl sites for hydroxylation is 2. The van der Waals surface area contributed by atoms with Gasteiger partial charge in [0.1, 0.15) is 23.3 Å². The molecule has 1 unspecified atom stereocenters. The van der Waals surface area contributed by atoms with Crippen molar-refractivity contribution in [2.45, 2.75) is 19.9 Å². The zero-order chi connectivity index (χ0) is 21.1. The summed E-state index contributed by atoms with van der Waals surface area (Å²) >= 11 is 0. The van der Waals surface area contributed by atoms with Crippen molar-refractivity contribution in [2.75, 3.05) is 10.6 Å². The molecule has 30 heavy (non-hydrogen) atoms. The SMILES string of the molecule is Cc1cnc(Nc2cc(-c3cnn(C)c3)cc(NC(C)c3ccc(F)cc3)n2)cn1. The Hall–Kier alpha value is -3.81. The molecule has 152 valence electrons. The Bertz CT molecular complexity index is 1140. The molecular weight excluding hydrogens is 381 g/mol. The molecule has 8 heteroatoms. The van der Waals surface area contributed by atoms with Crippen molar-refractivity contribution in [3.63, 3.8) is 0 Å². The highest BCUT2D eigenvalue weighted by Crippen LogP contribution is 2.28. The lowest BCUT2D eigenvalue weighted by Crippen LogP contribution is -2.09. The first-order valence-electron chi connectivity index (χ1n) is 9.55. The molecule has 0 saturated carbocycles. The van der Waals surface area contributed by atoms with Gasteiger partial charge in [-0.3, -0.25) is 9.67 Å². The summed E-state index contributed by atoms with van der Waals surface area (Å²) in [4.78, 5) is 13.3. The minimum Gasteiger partial charge on any atom is -0.363 e. The summed E-state index contributed by atoms with van der Waals surface area (Å²) in [6.07, 6.45) is 7.11. The predicted octanol–water partition coefficient (Wildman–Crippen LogP) is 4.64. The van der Waals surface area contributed by atoms with Gasteiger partial charge in [0, 0.05) is 24.8 Å². The molecule has 7 nitrogen and oxygen atoms in total. The van der Waals surface area contributed by atoms with Crippen LogP contribution in [0.3, 0.4) is 0 Å². The second-order valence-electron chi connectivity index (χ2n) is 7.11. The van der Waals surface area contributed by atoms with E-state index in [1.807, 2.05) is 39.2 Å². The molecule has 1 aromatic carbocycles. The van der Waals surface area contributed by atoms with Crippen molar-refractivity contribution >= 4 is 17.5 Å². The number of nitrogens with one attached hydrogen (secondary N) is 2. The number of hydrogen-bond donors (Lipinski definition) is 2. The third-order valence-corrected chi connectivity index (χ3v) is 4.64. The number of aromatic nitrogens is 5. The van der Waals surface area contributed by atoms with Crippen molar-refractivity contribution in [1.82, 2.24) is 24.7 Å². The molecule has 3 heterocycles. The highest BCUT2D eigenvalue weighted by Gasteiger charge is 2.11. The Kier molecular flexibility index (Phi) is 5.38. The predicted molar refractivity (Wildman–Crippen MR) is 115 cm³/mol. The van der Waals surface area contributed by atoms with Gasteiger partial charge in [-0.05, 0) is 49.2 Å². The fourth-order valence-electron chi connectivity index (χ4n) is 3.05. The fraction of sp³-hybridized carbons (Fsp3) is 0.182. The third kappa shape index (κ3) is 4.60. The molecule has 0 spiro atoms. The van der Waals surface area contributed by atoms with Crippen LogP contribution in [-0.4, -0.2) is 24.7 Å². The summed E-state index contributed by atoms with van der Waals surface area (Å²) in [5.74, 6) is 1.65. The van der Waals surface area contributed by atoms with Crippen molar-refractivity contribution in [1.29, 1.82) is 0 Å². The second kappa shape index (κ2) is 8.28. The van der Waals surface area contributed by atoms with Crippen molar-refractivity contribution in [2.24, 2.45) is 7.05 Å². The van der Waals surface area contributed by atoms with Gasteiger partial charge in [0.25, 0.3) is 0 Å². The first-order chi connectivity index (χ1) is 14.5. The van der Waals surface area contributed by atoms with Crippen molar-refractivity contribution < 1.29 is 4.39 Å². The van der Waals surface area contributed by atoms with Crippen LogP contribution >= 0.6 is 0 Å². The van der Waals surface area contributed by atoms with E-state index < -0.39 is 0 Å². The fourth-order valence-corrected chi connectivity index (χ4v) is 3.05. The van der Waals surface area contributed by atoms with Gasteiger partial charge in [0.2, 0.25) is 0 Å². The number of pyridine rings is 1. The third-order valence-electron chi connectivity index (χ3n) is 4.64. The Labute approximate surface area is 174 Å². The monoisotopic (exact) mass is 403 g/mol. The van der Waals surface area contributed by atoms with E-state index in [4.69, 9.17) is 0 Å². The van der Waals surface area contributed by atoms with Crippen LogP contribution in [0.25, 0.3) is 11.1 Å². The molecule has 2 N–H and O–H groups in total. The number of nitrogens with zero attached hydrogens (tertiary/aromatic N) is 5. The van der Waals surface area contributed by atoms with Gasteiger partial charge >= 0.3 is 0 Å². The molecule has 4 rings (SSSR count). The second-order valence-corrected chi connectivity index (χ2v) is 7.11. The lowest BCUT2D eigenvalue weighted by atomic mass is 10.1. The highest BCUT2D eigenvalue weighted by atomic mass is 19.1. The number of halogens is 1. The summed E-state index contributed by atoms with van der Waals surface area (Å²) < 4.78 is 15.0. The van der Waals surface area contributed by atoms with Gasteiger partial charge in [0.15, 0.2) is 0 Å². The average molecular weight is 403 g/mol. The first-order valence-corrected chi connectivity index (χ1v) is 9.55. The summed E-state index contributed by atoms with van der Waals surface area (Å²) in [5, 5.41) is 10.9. The summed E-state index contributed by atoms with van der Waals surface area (Å²) in [5.41, 5.74) is 3.72. The van der Waals surface area contributed by atoms with Crippen LogP contribution in [0.4, 0.5) is 21.8 Å². The first kappa shape index (κ1) is 19.5. The lowest BCUT2D eigenvalue weighted by molar-refractivity contribution is 0.626. The smallest absolute Gasteiger partial charge is 0.150 e. The van der Waals surface area contributed by atoms with Crippen LogP contribution in [0.1, 0.15) is 24.2 Å². The van der Waals surface area contributed by atoms with Gasteiger partial charge in [-0.1, -0.05) is 12.1 Å². The number of hydrogen-bond acceptors (Lipinski definition) is 6. The number of benzene rings is 1. The summed E-state index contributed by atoms with van der Waals surface area (Å²) in [6.45, 7) is 3.89. The van der Waals surface area contributed by atoms with Crippen LogP contribution in [0.15, 0.2) is 61.2 Å². The molecule has 3 aromatic heterocycles. The topological polar surface area (TPSA) is 80.5 Å². The molecule has 0 aliphatic heterocycles. The Balaban J connectivity index is 1.65. The zero-order valence-corrected chi connectivity index (χ0v) is 17.0. The zero-order valence-electron chi connectivity index (χ0n) is 17.0. The molecule has 0 aliphatic rings. The highest BCUT2D eigenvalue weighted by molar-refractivity contribution is 5.71. The molecule has 0 amide bonds. The van der Waals surface area contributed by atoms with Gasteiger partial charge in [-0.25, -0.2) is 14.4 Å². The maximum atomic E-state index is 13.2. The van der Waals surface area contributed by atoms with E-state index in [1.54, 1.807) is 35.4 Å². The van der Waals surface area contributed by atoms with Crippen LogP contribution in [0, 0.1) is 12.7 Å². The lowest BCUT2D eigenvalue weighted by Gasteiger charge is -2.17. The molecule has 0 bridgehead atoms. The summed E-state index contributed by atoms with van der Waals surface area (Å²) in [6, 6.07) is 10.3. The van der Waals surface area contributed by atoms with E-state index >= 15 is 0 Å². The molecule has 1 atom stereocenters. The molecule has 0 aliphatic carbocycles. The number of anilines is 3. The maximum Gasteiger partial charge on any atom is 0.150 e. The van der Waals surface area contributed by atoms with Crippen LogP contribution in [0.2, 0.25) is 0 Å². The largest absolute Gasteiger partial charge is 0.363 e. The van der Waals surface area contributed by atoms with Crippen LogP contribution in [0.5, 0.6) is 0 Å². The number of rotatable bonds is 6. The van der Waals surface area contributed by atoms with E-state index in [0.717, 1.165) is 22.4 Å². The molecule has 0 saturated heterocycles. The van der Waals surface area contributed by atoms with E-state index in [0.29, 0.717) is 17.5 Å². The van der Waals surface area contributed by atoms with Crippen molar-refractivity contribution in [3.05, 3.63) is 78.3 Å². The quantitative estimate of drug-likeness (QED) is 0.488.